The summed E-state index contributed by atoms with van der Waals surface area (Å²) in [5.74, 6) is 2.01. The molecule has 1 aromatic heterocycles. The van der Waals surface area contributed by atoms with Crippen LogP contribution < -0.4 is 10.1 Å². The van der Waals surface area contributed by atoms with Crippen LogP contribution in [0.3, 0.4) is 0 Å². The maximum Gasteiger partial charge on any atom is 0.244 e. The van der Waals surface area contributed by atoms with Crippen LogP contribution in [0.4, 0.5) is 0 Å². The Hall–Kier alpha value is -3.21. The third-order valence-corrected chi connectivity index (χ3v) is 5.27. The lowest BCUT2D eigenvalue weighted by molar-refractivity contribution is 0.244. The molecule has 2 aromatic carbocycles. The van der Waals surface area contributed by atoms with Crippen molar-refractivity contribution in [3.8, 4) is 23.2 Å². The first-order valence-corrected chi connectivity index (χ1v) is 9.57. The molecule has 0 aliphatic carbocycles. The molecule has 148 valence electrons. The molecule has 3 aromatic rings. The van der Waals surface area contributed by atoms with E-state index in [2.05, 4.69) is 33.5 Å². The van der Waals surface area contributed by atoms with Crippen molar-refractivity contribution in [3.05, 3.63) is 65.5 Å². The first-order valence-electron chi connectivity index (χ1n) is 9.57. The van der Waals surface area contributed by atoms with Crippen molar-refractivity contribution in [1.29, 1.82) is 5.26 Å². The van der Waals surface area contributed by atoms with Crippen molar-refractivity contribution >= 4 is 0 Å². The highest BCUT2D eigenvalue weighted by atomic mass is 16.5. The molecule has 2 heterocycles. The molecule has 0 unspecified atom stereocenters. The van der Waals surface area contributed by atoms with Crippen LogP contribution in [-0.4, -0.2) is 41.8 Å². The zero-order chi connectivity index (χ0) is 20.2. The van der Waals surface area contributed by atoms with Gasteiger partial charge in [0.1, 0.15) is 5.75 Å². The predicted octanol–water partition coefficient (Wildman–Crippen LogP) is 3.15. The van der Waals surface area contributed by atoms with Gasteiger partial charge in [0, 0.05) is 24.7 Å². The van der Waals surface area contributed by atoms with E-state index in [0.717, 1.165) is 36.4 Å². The molecule has 1 N–H and O–H groups in total. The van der Waals surface area contributed by atoms with Gasteiger partial charge in [-0.25, -0.2) is 0 Å². The van der Waals surface area contributed by atoms with E-state index in [1.807, 2.05) is 48.5 Å². The van der Waals surface area contributed by atoms with Crippen molar-refractivity contribution in [3.63, 3.8) is 0 Å². The van der Waals surface area contributed by atoms with E-state index in [9.17, 15) is 0 Å². The molecule has 0 spiro atoms. The van der Waals surface area contributed by atoms with Crippen molar-refractivity contribution in [2.45, 2.75) is 25.0 Å². The number of ether oxygens (including phenoxy) is 1. The molecular weight excluding hydrogens is 366 g/mol. The lowest BCUT2D eigenvalue weighted by Crippen LogP contribution is -2.30. The fourth-order valence-electron chi connectivity index (χ4n) is 3.68. The van der Waals surface area contributed by atoms with Crippen LogP contribution in [0.1, 0.15) is 29.5 Å². The highest BCUT2D eigenvalue weighted by Crippen LogP contribution is 2.31. The van der Waals surface area contributed by atoms with Crippen LogP contribution in [0.2, 0.25) is 0 Å². The van der Waals surface area contributed by atoms with E-state index >= 15 is 0 Å². The number of methoxy groups -OCH3 is 1. The molecule has 1 saturated heterocycles. The molecule has 0 bridgehead atoms. The average Bonchev–Trinajstić information content (AvgIpc) is 3.39. The van der Waals surface area contributed by atoms with E-state index in [-0.39, 0.29) is 6.04 Å². The molecule has 0 radical (unpaired) electrons. The third-order valence-electron chi connectivity index (χ3n) is 5.27. The van der Waals surface area contributed by atoms with Crippen molar-refractivity contribution in [2.24, 2.45) is 0 Å². The quantitative estimate of drug-likeness (QED) is 0.693. The van der Waals surface area contributed by atoms with E-state index in [1.54, 1.807) is 7.11 Å². The highest BCUT2D eigenvalue weighted by molar-refractivity contribution is 5.55. The minimum absolute atomic E-state index is 0.0810. The average molecular weight is 389 g/mol. The molecule has 29 heavy (non-hydrogen) atoms. The molecule has 1 aliphatic heterocycles. The van der Waals surface area contributed by atoms with Gasteiger partial charge >= 0.3 is 0 Å². The fraction of sp³-hybridized carbons (Fsp3) is 0.318. The highest BCUT2D eigenvalue weighted by Gasteiger charge is 2.34. The largest absolute Gasteiger partial charge is 0.497 e. The zero-order valence-corrected chi connectivity index (χ0v) is 16.5. The molecule has 7 nitrogen and oxygen atoms in total. The number of likely N-dealkylation sites (N-methyl/N-ethyl adjacent to an activating group) is 1. The molecule has 1 aliphatic rings. The van der Waals surface area contributed by atoms with E-state index < -0.39 is 0 Å². The Morgan fingerprint density at radius 2 is 2.10 bits per heavy atom. The van der Waals surface area contributed by atoms with Crippen molar-refractivity contribution < 1.29 is 9.26 Å². The summed E-state index contributed by atoms with van der Waals surface area (Å²) in [5.41, 5.74) is 2.69. The van der Waals surface area contributed by atoms with Crippen LogP contribution in [0, 0.1) is 11.3 Å². The molecule has 0 saturated carbocycles. The summed E-state index contributed by atoms with van der Waals surface area (Å²) in [5, 5.41) is 16.8. The third kappa shape index (κ3) is 4.29. The monoisotopic (exact) mass is 389 g/mol. The van der Waals surface area contributed by atoms with Crippen LogP contribution in [-0.2, 0) is 6.54 Å². The second-order valence-electron chi connectivity index (χ2n) is 7.27. The Labute approximate surface area is 169 Å². The van der Waals surface area contributed by atoms with Gasteiger partial charge in [0.25, 0.3) is 0 Å². The van der Waals surface area contributed by atoms with E-state index in [4.69, 9.17) is 14.5 Å². The number of nitrogens with one attached hydrogen (secondary N) is 1. The summed E-state index contributed by atoms with van der Waals surface area (Å²) in [7, 11) is 3.71. The zero-order valence-electron chi connectivity index (χ0n) is 16.5. The van der Waals surface area contributed by atoms with Crippen LogP contribution >= 0.6 is 0 Å². The predicted molar refractivity (Wildman–Crippen MR) is 108 cm³/mol. The minimum atomic E-state index is 0.0810. The lowest BCUT2D eigenvalue weighted by Gasteiger charge is -2.14. The van der Waals surface area contributed by atoms with Gasteiger partial charge in [-0.1, -0.05) is 17.3 Å². The van der Waals surface area contributed by atoms with Gasteiger partial charge in [0.15, 0.2) is 0 Å². The van der Waals surface area contributed by atoms with Gasteiger partial charge in [-0.3, -0.25) is 4.90 Å². The summed E-state index contributed by atoms with van der Waals surface area (Å²) < 4.78 is 10.8. The van der Waals surface area contributed by atoms with Gasteiger partial charge in [-0.2, -0.15) is 10.2 Å². The first kappa shape index (κ1) is 19.1. The Bertz CT molecular complexity index is 1010. The van der Waals surface area contributed by atoms with Gasteiger partial charge in [-0.15, -0.1) is 0 Å². The summed E-state index contributed by atoms with van der Waals surface area (Å²) in [6.07, 6.45) is 0.888. The Morgan fingerprint density at radius 1 is 1.28 bits per heavy atom. The van der Waals surface area contributed by atoms with E-state index in [1.165, 1.54) is 0 Å². The number of likely N-dealkylation sites (tertiary alicyclic amines) is 1. The van der Waals surface area contributed by atoms with Crippen LogP contribution in [0.5, 0.6) is 5.75 Å². The Balaban J connectivity index is 1.39. The topological polar surface area (TPSA) is 87.2 Å². The number of rotatable bonds is 6. The van der Waals surface area contributed by atoms with Gasteiger partial charge in [-0.05, 0) is 55.4 Å². The molecule has 4 rings (SSSR count). The molecule has 2 atom stereocenters. The van der Waals surface area contributed by atoms with Gasteiger partial charge in [0.2, 0.25) is 11.7 Å². The summed E-state index contributed by atoms with van der Waals surface area (Å²) in [6.45, 7) is 1.62. The maximum absolute atomic E-state index is 9.04. The fourth-order valence-corrected chi connectivity index (χ4v) is 3.68. The smallest absolute Gasteiger partial charge is 0.244 e. The molecule has 0 amide bonds. The number of hydrogen-bond donors (Lipinski definition) is 1. The van der Waals surface area contributed by atoms with Crippen LogP contribution in [0.15, 0.2) is 53.1 Å². The Morgan fingerprint density at radius 3 is 2.86 bits per heavy atom. The SMILES string of the molecule is COc1ccc(-c2noc([C@@H]3C[C@H](NCc4cccc(C#N)c4)CN3C)n2)cc1. The second kappa shape index (κ2) is 8.43. The van der Waals surface area contributed by atoms with Crippen LogP contribution in [0.25, 0.3) is 11.4 Å². The van der Waals surface area contributed by atoms with E-state index in [0.29, 0.717) is 23.3 Å². The first-order chi connectivity index (χ1) is 14.2. The molecular formula is C22H23N5O2. The minimum Gasteiger partial charge on any atom is -0.497 e. The summed E-state index contributed by atoms with van der Waals surface area (Å²) in [6, 6.07) is 17.9. The number of nitriles is 1. The lowest BCUT2D eigenvalue weighted by atomic mass is 10.1. The molecule has 1 fully saturated rings. The maximum atomic E-state index is 9.04. The number of aromatic nitrogens is 2. The van der Waals surface area contributed by atoms with Gasteiger partial charge < -0.3 is 14.6 Å². The summed E-state index contributed by atoms with van der Waals surface area (Å²) in [4.78, 5) is 6.85. The van der Waals surface area contributed by atoms with Crippen molar-refractivity contribution in [2.75, 3.05) is 20.7 Å². The number of nitrogens with zero attached hydrogens (tertiary/aromatic N) is 4. The Kier molecular flexibility index (Phi) is 5.56. The second-order valence-corrected chi connectivity index (χ2v) is 7.27. The number of benzene rings is 2. The van der Waals surface area contributed by atoms with Gasteiger partial charge in [0.05, 0.1) is 24.8 Å². The normalized spacial score (nSPS) is 19.2. The standard InChI is InChI=1S/C22H23N5O2/c1-27-14-18(24-13-16-5-3-4-15(10-16)12-23)11-20(27)22-25-21(26-29-22)17-6-8-19(28-2)9-7-17/h3-10,18,20,24H,11,13-14H2,1-2H3/t18-,20-/m0/s1. The van der Waals surface area contributed by atoms with Crippen molar-refractivity contribution in [1.82, 2.24) is 20.4 Å². The summed E-state index contributed by atoms with van der Waals surface area (Å²) >= 11 is 0. The molecule has 7 heteroatoms. The number of hydrogen-bond acceptors (Lipinski definition) is 7.